The van der Waals surface area contributed by atoms with Gasteiger partial charge in [-0.1, -0.05) is 0 Å². The lowest BCUT2D eigenvalue weighted by Crippen LogP contribution is -2.13. The Kier molecular flexibility index (Phi) is 4.48. The van der Waals surface area contributed by atoms with E-state index in [1.165, 1.54) is 18.2 Å². The quantitative estimate of drug-likeness (QED) is 0.625. The van der Waals surface area contributed by atoms with Crippen molar-refractivity contribution in [1.29, 1.82) is 0 Å². The summed E-state index contributed by atoms with van der Waals surface area (Å²) in [5.74, 6) is -0.459. The minimum Gasteiger partial charge on any atom is -0.463 e. The van der Waals surface area contributed by atoms with E-state index in [9.17, 15) is 14.9 Å². The third-order valence-corrected chi connectivity index (χ3v) is 3.05. The molecule has 0 aliphatic rings. The van der Waals surface area contributed by atoms with Crippen molar-refractivity contribution in [3.63, 3.8) is 0 Å². The first-order valence-corrected chi connectivity index (χ1v) is 6.61. The number of carbonyl (C=O) groups is 1. The number of rotatable bonds is 5. The van der Waals surface area contributed by atoms with Crippen molar-refractivity contribution >= 4 is 33.5 Å². The van der Waals surface area contributed by atoms with Crippen LogP contribution < -0.4 is 10.1 Å². The van der Waals surface area contributed by atoms with Crippen LogP contribution >= 0.6 is 15.9 Å². The number of nitrogens with zero attached hydrogens (tertiary/aromatic N) is 3. The van der Waals surface area contributed by atoms with Crippen LogP contribution in [-0.2, 0) is 0 Å². The lowest BCUT2D eigenvalue weighted by molar-refractivity contribution is -0.385. The lowest BCUT2D eigenvalue weighted by atomic mass is 10.2. The summed E-state index contributed by atoms with van der Waals surface area (Å²) >= 11 is 3.05. The maximum atomic E-state index is 12.0. The highest BCUT2D eigenvalue weighted by atomic mass is 79.9. The molecule has 2 N–H and O–H groups in total. The Morgan fingerprint density at radius 3 is 3.00 bits per heavy atom. The van der Waals surface area contributed by atoms with E-state index in [1.807, 2.05) is 0 Å². The van der Waals surface area contributed by atoms with Gasteiger partial charge in [0.25, 0.3) is 11.6 Å². The molecule has 2 aromatic rings. The lowest BCUT2D eigenvalue weighted by Gasteiger charge is -2.02. The predicted octanol–water partition coefficient (Wildman–Crippen LogP) is 2.13. The molecule has 1 amide bonds. The fourth-order valence-electron chi connectivity index (χ4n) is 1.47. The van der Waals surface area contributed by atoms with E-state index in [0.29, 0.717) is 11.1 Å². The molecule has 1 aromatic carbocycles. The van der Waals surface area contributed by atoms with E-state index < -0.39 is 10.8 Å². The zero-order valence-electron chi connectivity index (χ0n) is 10.8. The standard InChI is InChI=1S/C11H10BrN5O4/c1-2-21-11-14-10(15-16-11)13-9(18)6-3-4-7(12)8(5-6)17(19)20/h3-5H,2H2,1H3,(H2,13,14,15,16,18). The normalized spacial score (nSPS) is 10.2. The molecular weight excluding hydrogens is 346 g/mol. The van der Waals surface area contributed by atoms with Gasteiger partial charge in [-0.3, -0.25) is 20.2 Å². The molecule has 0 aliphatic carbocycles. The summed E-state index contributed by atoms with van der Waals surface area (Å²) in [6.07, 6.45) is 0. The number of nitro benzene ring substituents is 1. The first kappa shape index (κ1) is 14.9. The van der Waals surface area contributed by atoms with E-state index in [2.05, 4.69) is 36.4 Å². The van der Waals surface area contributed by atoms with Crippen LogP contribution in [-0.4, -0.2) is 32.6 Å². The number of carbonyl (C=O) groups excluding carboxylic acids is 1. The van der Waals surface area contributed by atoms with Crippen molar-refractivity contribution in [1.82, 2.24) is 15.2 Å². The zero-order valence-corrected chi connectivity index (χ0v) is 12.4. The number of nitro groups is 1. The van der Waals surface area contributed by atoms with Gasteiger partial charge >= 0.3 is 6.01 Å². The number of H-pyrrole nitrogens is 1. The van der Waals surface area contributed by atoms with E-state index in [1.54, 1.807) is 6.92 Å². The third kappa shape index (κ3) is 3.54. The Balaban J connectivity index is 2.16. The number of nitrogens with one attached hydrogen (secondary N) is 2. The second-order valence-corrected chi connectivity index (χ2v) is 4.63. The van der Waals surface area contributed by atoms with E-state index in [4.69, 9.17) is 4.74 Å². The monoisotopic (exact) mass is 355 g/mol. The molecule has 2 rings (SSSR count). The van der Waals surface area contributed by atoms with Gasteiger partial charge in [0.2, 0.25) is 5.95 Å². The summed E-state index contributed by atoms with van der Waals surface area (Å²) < 4.78 is 5.33. The summed E-state index contributed by atoms with van der Waals surface area (Å²) in [5.41, 5.74) is -0.0746. The zero-order chi connectivity index (χ0) is 15.4. The van der Waals surface area contributed by atoms with Crippen molar-refractivity contribution in [2.75, 3.05) is 11.9 Å². The van der Waals surface area contributed by atoms with E-state index in [-0.39, 0.29) is 23.2 Å². The molecule has 21 heavy (non-hydrogen) atoms. The van der Waals surface area contributed by atoms with Gasteiger partial charge in [-0.15, -0.1) is 5.10 Å². The first-order chi connectivity index (χ1) is 10.0. The van der Waals surface area contributed by atoms with Gasteiger partial charge in [-0.05, 0) is 35.0 Å². The molecule has 0 spiro atoms. The molecule has 0 radical (unpaired) electrons. The van der Waals surface area contributed by atoms with Crippen molar-refractivity contribution in [3.8, 4) is 6.01 Å². The SMILES string of the molecule is CCOc1n[nH]c(NC(=O)c2ccc(Br)c([N+](=O)[O-])c2)n1. The van der Waals surface area contributed by atoms with Crippen molar-refractivity contribution in [2.45, 2.75) is 6.92 Å². The van der Waals surface area contributed by atoms with Gasteiger partial charge in [-0.25, -0.2) is 5.10 Å². The highest BCUT2D eigenvalue weighted by Crippen LogP contribution is 2.25. The van der Waals surface area contributed by atoms with Gasteiger partial charge in [0.15, 0.2) is 0 Å². The Morgan fingerprint density at radius 1 is 1.57 bits per heavy atom. The van der Waals surface area contributed by atoms with Crippen LogP contribution in [0.1, 0.15) is 17.3 Å². The Hall–Kier alpha value is -2.49. The summed E-state index contributed by atoms with van der Waals surface area (Å²) in [6, 6.07) is 4.15. The maximum Gasteiger partial charge on any atom is 0.337 e. The first-order valence-electron chi connectivity index (χ1n) is 5.81. The third-order valence-electron chi connectivity index (χ3n) is 2.38. The average molecular weight is 356 g/mol. The molecule has 0 bridgehead atoms. The van der Waals surface area contributed by atoms with Gasteiger partial charge in [0.1, 0.15) is 0 Å². The molecule has 9 nitrogen and oxygen atoms in total. The predicted molar refractivity (Wildman–Crippen MR) is 76.3 cm³/mol. The molecule has 0 atom stereocenters. The minimum atomic E-state index is -0.581. The molecule has 1 heterocycles. The molecule has 1 aromatic heterocycles. The van der Waals surface area contributed by atoms with Crippen LogP contribution in [0.25, 0.3) is 0 Å². The Morgan fingerprint density at radius 2 is 2.33 bits per heavy atom. The van der Waals surface area contributed by atoms with Crippen LogP contribution in [0.4, 0.5) is 11.6 Å². The van der Waals surface area contributed by atoms with Crippen LogP contribution in [0, 0.1) is 10.1 Å². The molecule has 0 aliphatic heterocycles. The molecular formula is C11H10BrN5O4. The van der Waals surface area contributed by atoms with Gasteiger partial charge in [0, 0.05) is 11.6 Å². The smallest absolute Gasteiger partial charge is 0.337 e. The second kappa shape index (κ2) is 6.31. The largest absolute Gasteiger partial charge is 0.463 e. The number of aromatic nitrogens is 3. The van der Waals surface area contributed by atoms with E-state index in [0.717, 1.165) is 0 Å². The molecule has 0 saturated carbocycles. The fourth-order valence-corrected chi connectivity index (χ4v) is 1.86. The topological polar surface area (TPSA) is 123 Å². The van der Waals surface area contributed by atoms with Gasteiger partial charge < -0.3 is 4.74 Å². The van der Waals surface area contributed by atoms with Gasteiger partial charge in [-0.2, -0.15) is 4.98 Å². The Labute approximate surface area is 127 Å². The van der Waals surface area contributed by atoms with Crippen LogP contribution in [0.5, 0.6) is 6.01 Å². The summed E-state index contributed by atoms with van der Waals surface area (Å²) in [4.78, 5) is 26.1. The molecule has 0 fully saturated rings. The number of hydrogen-bond acceptors (Lipinski definition) is 6. The van der Waals surface area contributed by atoms with Crippen molar-refractivity contribution in [2.24, 2.45) is 0 Å². The van der Waals surface area contributed by atoms with Crippen molar-refractivity contribution in [3.05, 3.63) is 38.3 Å². The average Bonchev–Trinajstić information content (AvgIpc) is 2.86. The number of halogens is 1. The van der Waals surface area contributed by atoms with Crippen LogP contribution in [0.15, 0.2) is 22.7 Å². The molecule has 110 valence electrons. The van der Waals surface area contributed by atoms with Crippen LogP contribution in [0.2, 0.25) is 0 Å². The number of benzene rings is 1. The summed E-state index contributed by atoms with van der Waals surface area (Å²) in [6.45, 7) is 2.17. The highest BCUT2D eigenvalue weighted by Gasteiger charge is 2.17. The highest BCUT2D eigenvalue weighted by molar-refractivity contribution is 9.10. The van der Waals surface area contributed by atoms with Crippen LogP contribution in [0.3, 0.4) is 0 Å². The van der Waals surface area contributed by atoms with E-state index >= 15 is 0 Å². The second-order valence-electron chi connectivity index (χ2n) is 3.78. The number of ether oxygens (including phenoxy) is 1. The number of hydrogen-bond donors (Lipinski definition) is 2. The molecule has 10 heteroatoms. The number of amides is 1. The van der Waals surface area contributed by atoms with Crippen molar-refractivity contribution < 1.29 is 14.5 Å². The Bertz CT molecular complexity index is 687. The van der Waals surface area contributed by atoms with Gasteiger partial charge in [0.05, 0.1) is 16.0 Å². The molecule has 0 saturated heterocycles. The summed E-state index contributed by atoms with van der Waals surface area (Å²) in [7, 11) is 0. The number of anilines is 1. The fraction of sp³-hybridized carbons (Fsp3) is 0.182. The maximum absolute atomic E-state index is 12.0. The summed E-state index contributed by atoms with van der Waals surface area (Å²) in [5, 5.41) is 19.5. The minimum absolute atomic E-state index is 0.0917. The number of aromatic amines is 1. The molecule has 0 unspecified atom stereocenters.